The zero-order valence-corrected chi connectivity index (χ0v) is 13.5. The lowest BCUT2D eigenvalue weighted by atomic mass is 9.87. The van der Waals surface area contributed by atoms with E-state index in [-0.39, 0.29) is 6.10 Å². The van der Waals surface area contributed by atoms with Gasteiger partial charge in [-0.15, -0.1) is 0 Å². The molecular formula is C18H27N3O. The molecule has 1 fully saturated rings. The molecule has 1 unspecified atom stereocenters. The minimum atomic E-state index is -0.171. The molecule has 0 bridgehead atoms. The van der Waals surface area contributed by atoms with Crippen molar-refractivity contribution in [2.45, 2.75) is 45.3 Å². The van der Waals surface area contributed by atoms with Crippen LogP contribution in [-0.2, 0) is 6.54 Å². The van der Waals surface area contributed by atoms with E-state index < -0.39 is 0 Å². The molecule has 0 saturated carbocycles. The molecule has 0 radical (unpaired) electrons. The van der Waals surface area contributed by atoms with Crippen LogP contribution in [0.1, 0.15) is 43.7 Å². The van der Waals surface area contributed by atoms with Crippen molar-refractivity contribution in [3.05, 3.63) is 35.4 Å². The van der Waals surface area contributed by atoms with Crippen LogP contribution in [0.2, 0.25) is 0 Å². The number of rotatable bonds is 5. The number of piperidine rings is 1. The van der Waals surface area contributed by atoms with E-state index >= 15 is 0 Å². The monoisotopic (exact) mass is 301 g/mol. The summed E-state index contributed by atoms with van der Waals surface area (Å²) in [5.74, 6) is 0.710. The Balaban J connectivity index is 1.54. The normalized spacial score (nSPS) is 20.9. The summed E-state index contributed by atoms with van der Waals surface area (Å²) in [6.45, 7) is 5.92. The van der Waals surface area contributed by atoms with Gasteiger partial charge in [0, 0.05) is 12.1 Å². The first-order chi connectivity index (χ1) is 10.8. The number of aliphatic hydroxyl groups is 1. The van der Waals surface area contributed by atoms with Crippen molar-refractivity contribution in [2.75, 3.05) is 19.6 Å². The summed E-state index contributed by atoms with van der Waals surface area (Å²) in [5.41, 5.74) is 7.07. The molecule has 1 saturated heterocycles. The number of hydrazone groups is 1. The fourth-order valence-corrected chi connectivity index (χ4v) is 3.47. The van der Waals surface area contributed by atoms with E-state index in [2.05, 4.69) is 39.7 Å². The zero-order chi connectivity index (χ0) is 15.4. The van der Waals surface area contributed by atoms with Crippen LogP contribution < -0.4 is 5.43 Å². The number of β-amino-alcohol motifs (C(OH)–C–C–N with tert-alkyl or cyclic N) is 1. The SMILES string of the molecule is CCC(O)CN1CCC(CC2=NNCc3ccccc32)CC1. The number of likely N-dealkylation sites (tertiary alicyclic amines) is 1. The zero-order valence-electron chi connectivity index (χ0n) is 13.5. The maximum atomic E-state index is 9.78. The van der Waals surface area contributed by atoms with Gasteiger partial charge >= 0.3 is 0 Å². The Morgan fingerprint density at radius 1 is 1.32 bits per heavy atom. The highest BCUT2D eigenvalue weighted by Gasteiger charge is 2.23. The molecular weight excluding hydrogens is 274 g/mol. The molecule has 2 aliphatic heterocycles. The van der Waals surface area contributed by atoms with Gasteiger partial charge in [0.1, 0.15) is 0 Å². The summed E-state index contributed by atoms with van der Waals surface area (Å²) in [6, 6.07) is 8.59. The topological polar surface area (TPSA) is 47.9 Å². The highest BCUT2D eigenvalue weighted by Crippen LogP contribution is 2.25. The van der Waals surface area contributed by atoms with Crippen molar-refractivity contribution in [2.24, 2.45) is 11.0 Å². The second-order valence-electron chi connectivity index (χ2n) is 6.56. The first-order valence-corrected chi connectivity index (χ1v) is 8.54. The van der Waals surface area contributed by atoms with Gasteiger partial charge < -0.3 is 15.4 Å². The Labute approximate surface area is 133 Å². The molecule has 0 spiro atoms. The second-order valence-corrected chi connectivity index (χ2v) is 6.56. The molecule has 0 amide bonds. The Hall–Kier alpha value is -1.39. The molecule has 4 nitrogen and oxygen atoms in total. The van der Waals surface area contributed by atoms with Gasteiger partial charge in [-0.25, -0.2) is 0 Å². The van der Waals surface area contributed by atoms with Crippen molar-refractivity contribution >= 4 is 5.71 Å². The Morgan fingerprint density at radius 3 is 2.86 bits per heavy atom. The van der Waals surface area contributed by atoms with Gasteiger partial charge in [0.15, 0.2) is 0 Å². The van der Waals surface area contributed by atoms with Crippen molar-refractivity contribution in [1.29, 1.82) is 0 Å². The molecule has 2 aliphatic rings. The van der Waals surface area contributed by atoms with Crippen LogP contribution in [0.5, 0.6) is 0 Å². The van der Waals surface area contributed by atoms with Crippen LogP contribution in [0.15, 0.2) is 29.4 Å². The summed E-state index contributed by atoms with van der Waals surface area (Å²) in [5, 5.41) is 14.3. The number of aliphatic hydroxyl groups excluding tert-OH is 1. The molecule has 1 atom stereocenters. The molecule has 4 heteroatoms. The smallest absolute Gasteiger partial charge is 0.0681 e. The van der Waals surface area contributed by atoms with Crippen LogP contribution in [0.4, 0.5) is 0 Å². The van der Waals surface area contributed by atoms with Gasteiger partial charge in [0.25, 0.3) is 0 Å². The minimum Gasteiger partial charge on any atom is -0.392 e. The van der Waals surface area contributed by atoms with E-state index in [9.17, 15) is 5.11 Å². The second kappa shape index (κ2) is 7.25. The number of benzene rings is 1. The molecule has 0 aromatic heterocycles. The number of nitrogens with zero attached hydrogens (tertiary/aromatic N) is 2. The van der Waals surface area contributed by atoms with E-state index in [1.54, 1.807) is 0 Å². The van der Waals surface area contributed by atoms with Crippen LogP contribution in [0.3, 0.4) is 0 Å². The molecule has 2 N–H and O–H groups in total. The molecule has 22 heavy (non-hydrogen) atoms. The van der Waals surface area contributed by atoms with Crippen LogP contribution in [-0.4, -0.2) is 41.5 Å². The highest BCUT2D eigenvalue weighted by atomic mass is 16.3. The Morgan fingerprint density at radius 2 is 2.09 bits per heavy atom. The maximum Gasteiger partial charge on any atom is 0.0681 e. The third kappa shape index (κ3) is 3.68. The first kappa shape index (κ1) is 15.5. The summed E-state index contributed by atoms with van der Waals surface area (Å²) >= 11 is 0. The Bertz CT molecular complexity index is 521. The third-order valence-corrected chi connectivity index (χ3v) is 4.94. The quantitative estimate of drug-likeness (QED) is 0.878. The predicted molar refractivity (Wildman–Crippen MR) is 89.9 cm³/mol. The van der Waals surface area contributed by atoms with Gasteiger partial charge in [-0.1, -0.05) is 31.2 Å². The lowest BCUT2D eigenvalue weighted by Crippen LogP contribution is -2.39. The number of fused-ring (bicyclic) bond motifs is 1. The molecule has 1 aromatic carbocycles. The largest absolute Gasteiger partial charge is 0.392 e. The van der Waals surface area contributed by atoms with Crippen molar-refractivity contribution < 1.29 is 5.11 Å². The van der Waals surface area contributed by atoms with E-state index in [4.69, 9.17) is 0 Å². The van der Waals surface area contributed by atoms with Crippen molar-refractivity contribution in [3.63, 3.8) is 0 Å². The summed E-state index contributed by atoms with van der Waals surface area (Å²) in [6.07, 6.45) is 4.15. The minimum absolute atomic E-state index is 0.171. The lowest BCUT2D eigenvalue weighted by Gasteiger charge is -2.33. The van der Waals surface area contributed by atoms with Gasteiger partial charge in [-0.2, -0.15) is 5.10 Å². The predicted octanol–water partition coefficient (Wildman–Crippen LogP) is 2.37. The van der Waals surface area contributed by atoms with Gasteiger partial charge in [-0.05, 0) is 50.3 Å². The van der Waals surface area contributed by atoms with Gasteiger partial charge in [0.2, 0.25) is 0 Å². The molecule has 3 rings (SSSR count). The van der Waals surface area contributed by atoms with Gasteiger partial charge in [-0.3, -0.25) is 0 Å². The molecule has 2 heterocycles. The highest BCUT2D eigenvalue weighted by molar-refractivity contribution is 6.02. The summed E-state index contributed by atoms with van der Waals surface area (Å²) in [4.78, 5) is 2.40. The van der Waals surface area contributed by atoms with Crippen LogP contribution in [0, 0.1) is 5.92 Å². The van der Waals surface area contributed by atoms with Crippen molar-refractivity contribution in [1.82, 2.24) is 10.3 Å². The van der Waals surface area contributed by atoms with Crippen LogP contribution in [0.25, 0.3) is 0 Å². The van der Waals surface area contributed by atoms with E-state index in [0.717, 1.165) is 39.0 Å². The van der Waals surface area contributed by atoms with Crippen molar-refractivity contribution in [3.8, 4) is 0 Å². The van der Waals surface area contributed by atoms with E-state index in [0.29, 0.717) is 5.92 Å². The fraction of sp³-hybridized carbons (Fsp3) is 0.611. The van der Waals surface area contributed by atoms with E-state index in [1.807, 2.05) is 6.92 Å². The first-order valence-electron chi connectivity index (χ1n) is 8.54. The number of nitrogens with one attached hydrogen (secondary N) is 1. The number of hydrogen-bond acceptors (Lipinski definition) is 4. The Kier molecular flexibility index (Phi) is 5.11. The number of hydrogen-bond donors (Lipinski definition) is 2. The summed E-state index contributed by atoms with van der Waals surface area (Å²) in [7, 11) is 0. The van der Waals surface area contributed by atoms with Crippen LogP contribution >= 0.6 is 0 Å². The average Bonchev–Trinajstić information content (AvgIpc) is 2.57. The maximum absolute atomic E-state index is 9.78. The van der Waals surface area contributed by atoms with Gasteiger partial charge in [0.05, 0.1) is 18.4 Å². The average molecular weight is 301 g/mol. The molecule has 1 aromatic rings. The molecule has 120 valence electrons. The summed E-state index contributed by atoms with van der Waals surface area (Å²) < 4.78 is 0. The van der Waals surface area contributed by atoms with E-state index in [1.165, 1.54) is 29.7 Å². The fourth-order valence-electron chi connectivity index (χ4n) is 3.47. The third-order valence-electron chi connectivity index (χ3n) is 4.94. The standard InChI is InChI=1S/C18H27N3O/c1-2-16(22)13-21-9-7-14(8-10-21)11-18-17-6-4-3-5-15(17)12-19-20-18/h3-6,14,16,19,22H,2,7-13H2,1H3. The lowest BCUT2D eigenvalue weighted by molar-refractivity contribution is 0.0877. The molecule has 0 aliphatic carbocycles.